The Bertz CT molecular complexity index is 833. The maximum Gasteiger partial charge on any atom is 0.275 e. The zero-order chi connectivity index (χ0) is 19.4. The fraction of sp³-hybridized carbons (Fsp3) is 0.400. The lowest BCUT2D eigenvalue weighted by Crippen LogP contribution is -3.11. The monoisotopic (exact) mass is 389 g/mol. The number of rotatable bonds is 6. The number of benzene rings is 1. The number of hydrogen-bond donors (Lipinski definition) is 3. The number of carbonyl (C=O) groups excluding carboxylic acids is 2. The Morgan fingerprint density at radius 3 is 2.81 bits per heavy atom. The van der Waals surface area contributed by atoms with E-state index in [0.717, 1.165) is 24.9 Å². The number of quaternary nitrogens is 1. The van der Waals surface area contributed by atoms with E-state index in [-0.39, 0.29) is 18.4 Å². The summed E-state index contributed by atoms with van der Waals surface area (Å²) in [5.74, 6) is -0.367. The normalized spacial score (nSPS) is 19.1. The van der Waals surface area contributed by atoms with Crippen molar-refractivity contribution >= 4 is 29.1 Å². The first-order valence-electron chi connectivity index (χ1n) is 9.23. The smallest absolute Gasteiger partial charge is 0.275 e. The minimum absolute atomic E-state index is 0.0487. The standard InChI is InChI=1S/C20H25ClN4O2/c1-14-15(21)6-3-7-16(14)23-19(26)12-22-20(27)13-25-11-5-9-18(25)17-8-4-10-24(17)2/h3-4,6-8,10,18H,5,9,11-13H2,1-2H3,(H,22,27)(H,23,26)/p+1/t18-/m1/s1. The lowest BCUT2D eigenvalue weighted by atomic mass is 10.1. The van der Waals surface area contributed by atoms with Crippen LogP contribution in [0, 0.1) is 6.92 Å². The topological polar surface area (TPSA) is 67.6 Å². The summed E-state index contributed by atoms with van der Waals surface area (Å²) in [7, 11) is 2.04. The summed E-state index contributed by atoms with van der Waals surface area (Å²) >= 11 is 6.06. The molecule has 0 spiro atoms. The van der Waals surface area contributed by atoms with E-state index in [1.807, 2.05) is 26.2 Å². The fourth-order valence-electron chi connectivity index (χ4n) is 3.70. The maximum atomic E-state index is 12.3. The first-order valence-corrected chi connectivity index (χ1v) is 9.61. The largest absolute Gasteiger partial charge is 0.350 e. The summed E-state index contributed by atoms with van der Waals surface area (Å²) in [5, 5.41) is 6.12. The Kier molecular flexibility index (Phi) is 6.19. The van der Waals surface area contributed by atoms with Crippen molar-refractivity contribution in [3.63, 3.8) is 0 Å². The van der Waals surface area contributed by atoms with Crippen LogP contribution in [0.25, 0.3) is 0 Å². The lowest BCUT2D eigenvalue weighted by molar-refractivity contribution is -0.911. The number of likely N-dealkylation sites (tertiary alicyclic amines) is 1. The predicted octanol–water partition coefficient (Wildman–Crippen LogP) is 1.46. The van der Waals surface area contributed by atoms with Crippen LogP contribution in [-0.4, -0.2) is 36.0 Å². The van der Waals surface area contributed by atoms with Crippen molar-refractivity contribution < 1.29 is 14.5 Å². The van der Waals surface area contributed by atoms with Crippen molar-refractivity contribution in [3.05, 3.63) is 52.8 Å². The van der Waals surface area contributed by atoms with Crippen molar-refractivity contribution in [2.24, 2.45) is 7.05 Å². The highest BCUT2D eigenvalue weighted by Gasteiger charge is 2.32. The first kappa shape index (κ1) is 19.5. The maximum absolute atomic E-state index is 12.3. The summed E-state index contributed by atoms with van der Waals surface area (Å²) in [4.78, 5) is 25.7. The third-order valence-corrected chi connectivity index (χ3v) is 5.61. The molecule has 0 radical (unpaired) electrons. The molecule has 2 aromatic rings. The molecule has 0 bridgehead atoms. The Hall–Kier alpha value is -2.31. The number of aromatic nitrogens is 1. The van der Waals surface area contributed by atoms with Crippen LogP contribution in [0.15, 0.2) is 36.5 Å². The highest BCUT2D eigenvalue weighted by Crippen LogP contribution is 2.22. The van der Waals surface area contributed by atoms with E-state index in [2.05, 4.69) is 21.3 Å². The summed E-state index contributed by atoms with van der Waals surface area (Å²) in [6.45, 7) is 3.14. The number of anilines is 1. The van der Waals surface area contributed by atoms with Gasteiger partial charge in [0.2, 0.25) is 5.91 Å². The molecule has 2 atom stereocenters. The van der Waals surface area contributed by atoms with Crippen LogP contribution < -0.4 is 15.5 Å². The summed E-state index contributed by atoms with van der Waals surface area (Å²) in [6, 6.07) is 9.83. The van der Waals surface area contributed by atoms with Gasteiger partial charge in [-0.25, -0.2) is 0 Å². The molecule has 1 aromatic heterocycles. The molecule has 27 heavy (non-hydrogen) atoms. The lowest BCUT2D eigenvalue weighted by Gasteiger charge is -2.21. The zero-order valence-electron chi connectivity index (χ0n) is 15.7. The van der Waals surface area contributed by atoms with Crippen molar-refractivity contribution in [1.29, 1.82) is 0 Å². The molecule has 7 heteroatoms. The van der Waals surface area contributed by atoms with Gasteiger partial charge in [0.25, 0.3) is 5.91 Å². The van der Waals surface area contributed by atoms with Crippen LogP contribution in [-0.2, 0) is 16.6 Å². The van der Waals surface area contributed by atoms with E-state index in [9.17, 15) is 9.59 Å². The predicted molar refractivity (Wildman–Crippen MR) is 106 cm³/mol. The first-order chi connectivity index (χ1) is 13.0. The van der Waals surface area contributed by atoms with E-state index in [4.69, 9.17) is 11.6 Å². The van der Waals surface area contributed by atoms with Crippen LogP contribution in [0.2, 0.25) is 5.02 Å². The summed E-state index contributed by atoms with van der Waals surface area (Å²) < 4.78 is 2.12. The number of aryl methyl sites for hydroxylation is 1. The molecule has 3 N–H and O–H groups in total. The molecule has 144 valence electrons. The van der Waals surface area contributed by atoms with E-state index >= 15 is 0 Å². The van der Waals surface area contributed by atoms with Gasteiger partial charge in [-0.15, -0.1) is 0 Å². The molecule has 1 unspecified atom stereocenters. The molecule has 2 amide bonds. The molecule has 6 nitrogen and oxygen atoms in total. The molecule has 3 rings (SSSR count). The van der Waals surface area contributed by atoms with Gasteiger partial charge in [-0.3, -0.25) is 9.59 Å². The number of hydrogen-bond acceptors (Lipinski definition) is 2. The summed E-state index contributed by atoms with van der Waals surface area (Å²) in [6.07, 6.45) is 4.22. The number of nitrogens with one attached hydrogen (secondary N) is 3. The molecule has 1 aliphatic heterocycles. The number of nitrogens with zero attached hydrogens (tertiary/aromatic N) is 1. The van der Waals surface area contributed by atoms with E-state index in [0.29, 0.717) is 23.3 Å². The minimum Gasteiger partial charge on any atom is -0.350 e. The number of amides is 2. The highest BCUT2D eigenvalue weighted by atomic mass is 35.5. The van der Waals surface area contributed by atoms with Gasteiger partial charge in [0, 0.05) is 36.8 Å². The van der Waals surface area contributed by atoms with E-state index in [1.54, 1.807) is 18.2 Å². The van der Waals surface area contributed by atoms with Crippen molar-refractivity contribution in [1.82, 2.24) is 9.88 Å². The average molecular weight is 390 g/mol. The SMILES string of the molecule is Cc1c(Cl)cccc1NC(=O)CNC(=O)C[NH+]1CCC[C@@H]1c1cccn1C. The number of carbonyl (C=O) groups is 2. The molecule has 1 aromatic carbocycles. The molecular formula is C20H26ClN4O2+. The summed E-state index contributed by atoms with van der Waals surface area (Å²) in [5.41, 5.74) is 2.73. The molecule has 1 aliphatic rings. The van der Waals surface area contributed by atoms with Gasteiger partial charge >= 0.3 is 0 Å². The highest BCUT2D eigenvalue weighted by molar-refractivity contribution is 6.31. The van der Waals surface area contributed by atoms with Crippen LogP contribution >= 0.6 is 11.6 Å². The van der Waals surface area contributed by atoms with Gasteiger partial charge in [-0.05, 0) is 36.8 Å². The molecule has 1 saturated heterocycles. The van der Waals surface area contributed by atoms with Gasteiger partial charge in [-0.2, -0.15) is 0 Å². The third kappa shape index (κ3) is 4.70. The molecular weight excluding hydrogens is 364 g/mol. The Morgan fingerprint density at radius 2 is 2.07 bits per heavy atom. The van der Waals surface area contributed by atoms with Gasteiger partial charge in [0.05, 0.1) is 18.8 Å². The quantitative estimate of drug-likeness (QED) is 0.700. The van der Waals surface area contributed by atoms with E-state index < -0.39 is 0 Å². The van der Waals surface area contributed by atoms with Crippen LogP contribution in [0.5, 0.6) is 0 Å². The second-order valence-electron chi connectivity index (χ2n) is 7.06. The van der Waals surface area contributed by atoms with Gasteiger partial charge in [0.15, 0.2) is 6.54 Å². The van der Waals surface area contributed by atoms with Crippen molar-refractivity contribution in [3.8, 4) is 0 Å². The Balaban J connectivity index is 1.50. The van der Waals surface area contributed by atoms with Crippen LogP contribution in [0.4, 0.5) is 5.69 Å². The second kappa shape index (κ2) is 8.59. The fourth-order valence-corrected chi connectivity index (χ4v) is 3.88. The molecule has 0 saturated carbocycles. The second-order valence-corrected chi connectivity index (χ2v) is 7.47. The Labute approximate surface area is 164 Å². The minimum atomic E-state index is -0.260. The van der Waals surface area contributed by atoms with Gasteiger partial charge in [-0.1, -0.05) is 17.7 Å². The number of halogens is 1. The van der Waals surface area contributed by atoms with Gasteiger partial charge in [0.1, 0.15) is 6.04 Å². The molecule has 1 fully saturated rings. The van der Waals surface area contributed by atoms with Crippen molar-refractivity contribution in [2.45, 2.75) is 25.8 Å². The molecule has 2 heterocycles. The van der Waals surface area contributed by atoms with Crippen LogP contribution in [0.3, 0.4) is 0 Å². The third-order valence-electron chi connectivity index (χ3n) is 5.20. The van der Waals surface area contributed by atoms with Crippen LogP contribution in [0.1, 0.15) is 30.1 Å². The average Bonchev–Trinajstić information content (AvgIpc) is 3.25. The van der Waals surface area contributed by atoms with Gasteiger partial charge < -0.3 is 20.1 Å². The Morgan fingerprint density at radius 1 is 1.26 bits per heavy atom. The van der Waals surface area contributed by atoms with Crippen molar-refractivity contribution in [2.75, 3.05) is 25.0 Å². The zero-order valence-corrected chi connectivity index (χ0v) is 16.5. The van der Waals surface area contributed by atoms with E-state index in [1.165, 1.54) is 10.6 Å². The molecule has 0 aliphatic carbocycles.